The largest absolute Gasteiger partial charge is 0.486 e. The Labute approximate surface area is 112 Å². The summed E-state index contributed by atoms with van der Waals surface area (Å²) in [7, 11) is -1.89. The normalized spacial score (nSPS) is 16.1. The number of ether oxygens (including phenoxy) is 2. The highest BCUT2D eigenvalue weighted by atomic mass is 32.2. The Bertz CT molecular complexity index is 543. The number of hydrogen-bond acceptors (Lipinski definition) is 6. The number of nitrogens with one attached hydrogen (secondary N) is 1. The molecule has 19 heavy (non-hydrogen) atoms. The molecule has 0 spiro atoms. The molecule has 0 radical (unpaired) electrons. The van der Waals surface area contributed by atoms with E-state index in [1.165, 1.54) is 12.1 Å². The molecule has 6 nitrogen and oxygen atoms in total. The third-order valence-corrected chi connectivity index (χ3v) is 4.52. The lowest BCUT2D eigenvalue weighted by molar-refractivity contribution is 0.171. The first-order valence-corrected chi connectivity index (χ1v) is 7.63. The van der Waals surface area contributed by atoms with Gasteiger partial charge >= 0.3 is 0 Å². The number of fused-ring (bicyclic) bond motifs is 1. The summed E-state index contributed by atoms with van der Waals surface area (Å²) in [6.07, 6.45) is -0.941. The van der Waals surface area contributed by atoms with Gasteiger partial charge in [-0.2, -0.15) is 0 Å². The first-order chi connectivity index (χ1) is 9.03. The van der Waals surface area contributed by atoms with Crippen LogP contribution in [0.25, 0.3) is 0 Å². The second kappa shape index (κ2) is 5.77. The maximum Gasteiger partial charge on any atom is 0.181 e. The third-order valence-electron chi connectivity index (χ3n) is 2.72. The molecule has 1 unspecified atom stereocenters. The van der Waals surface area contributed by atoms with Gasteiger partial charge in [0.15, 0.2) is 21.3 Å². The summed E-state index contributed by atoms with van der Waals surface area (Å²) in [5, 5.41) is 12.3. The van der Waals surface area contributed by atoms with Crippen molar-refractivity contribution in [3.63, 3.8) is 0 Å². The van der Waals surface area contributed by atoms with Crippen molar-refractivity contribution >= 4 is 9.84 Å². The van der Waals surface area contributed by atoms with Gasteiger partial charge in [-0.3, -0.25) is 0 Å². The molecule has 0 saturated heterocycles. The number of likely N-dealkylation sites (N-methyl/N-ethyl adjacent to an activating group) is 1. The molecule has 1 aromatic carbocycles. The second-order valence-electron chi connectivity index (χ2n) is 4.30. The number of hydrogen-bond donors (Lipinski definition) is 2. The summed E-state index contributed by atoms with van der Waals surface area (Å²) < 4.78 is 34.9. The highest BCUT2D eigenvalue weighted by molar-refractivity contribution is 7.91. The van der Waals surface area contributed by atoms with E-state index in [1.807, 2.05) is 0 Å². The molecule has 0 saturated carbocycles. The Morgan fingerprint density at radius 3 is 2.68 bits per heavy atom. The van der Waals surface area contributed by atoms with Gasteiger partial charge in [0, 0.05) is 12.6 Å². The fourth-order valence-corrected chi connectivity index (χ4v) is 3.24. The summed E-state index contributed by atoms with van der Waals surface area (Å²) in [5.74, 6) is 0.643. The molecule has 2 rings (SSSR count). The third kappa shape index (κ3) is 3.37. The van der Waals surface area contributed by atoms with E-state index in [1.54, 1.807) is 13.1 Å². The van der Waals surface area contributed by atoms with Crippen LogP contribution in [0.15, 0.2) is 23.1 Å². The highest BCUT2D eigenvalue weighted by Gasteiger charge is 2.22. The minimum absolute atomic E-state index is 0.131. The van der Waals surface area contributed by atoms with Gasteiger partial charge in [-0.25, -0.2) is 8.42 Å². The van der Waals surface area contributed by atoms with Crippen LogP contribution in [0.2, 0.25) is 0 Å². The monoisotopic (exact) mass is 287 g/mol. The number of rotatable bonds is 5. The van der Waals surface area contributed by atoms with Crippen molar-refractivity contribution < 1.29 is 23.0 Å². The second-order valence-corrected chi connectivity index (χ2v) is 6.33. The van der Waals surface area contributed by atoms with E-state index in [2.05, 4.69) is 5.32 Å². The summed E-state index contributed by atoms with van der Waals surface area (Å²) in [5.41, 5.74) is 0. The van der Waals surface area contributed by atoms with Crippen LogP contribution in [0.1, 0.15) is 0 Å². The van der Waals surface area contributed by atoms with Gasteiger partial charge in [0.1, 0.15) is 13.2 Å². The lowest BCUT2D eigenvalue weighted by Crippen LogP contribution is -2.30. The molecule has 7 heteroatoms. The number of benzene rings is 1. The average molecular weight is 287 g/mol. The zero-order valence-corrected chi connectivity index (χ0v) is 11.4. The van der Waals surface area contributed by atoms with Gasteiger partial charge in [-0.05, 0) is 19.2 Å². The molecular weight excluding hydrogens is 270 g/mol. The van der Waals surface area contributed by atoms with E-state index in [-0.39, 0.29) is 17.2 Å². The van der Waals surface area contributed by atoms with E-state index < -0.39 is 15.9 Å². The van der Waals surface area contributed by atoms with Crippen molar-refractivity contribution in [2.75, 3.05) is 32.6 Å². The van der Waals surface area contributed by atoms with Crippen LogP contribution in [-0.2, 0) is 9.84 Å². The predicted molar refractivity (Wildman–Crippen MR) is 69.4 cm³/mol. The van der Waals surface area contributed by atoms with Crippen molar-refractivity contribution in [2.24, 2.45) is 0 Å². The summed E-state index contributed by atoms with van der Waals surface area (Å²) in [4.78, 5) is 0.131. The number of sulfone groups is 1. The molecule has 0 amide bonds. The molecule has 0 aromatic heterocycles. The van der Waals surface area contributed by atoms with Gasteiger partial charge in [0.25, 0.3) is 0 Å². The lowest BCUT2D eigenvalue weighted by Gasteiger charge is -2.19. The van der Waals surface area contributed by atoms with Crippen LogP contribution in [0, 0.1) is 0 Å². The maximum atomic E-state index is 12.1. The molecule has 0 aliphatic carbocycles. The topological polar surface area (TPSA) is 84.9 Å². The maximum absolute atomic E-state index is 12.1. The van der Waals surface area contributed by atoms with Crippen LogP contribution < -0.4 is 14.8 Å². The van der Waals surface area contributed by atoms with E-state index in [0.29, 0.717) is 24.7 Å². The summed E-state index contributed by atoms with van der Waals surface area (Å²) >= 11 is 0. The minimum atomic E-state index is -3.54. The fraction of sp³-hybridized carbons (Fsp3) is 0.500. The molecule has 1 atom stereocenters. The zero-order chi connectivity index (χ0) is 13.9. The van der Waals surface area contributed by atoms with Crippen molar-refractivity contribution in [1.29, 1.82) is 0 Å². The lowest BCUT2D eigenvalue weighted by atomic mass is 10.3. The summed E-state index contributed by atoms with van der Waals surface area (Å²) in [6, 6.07) is 4.48. The van der Waals surface area contributed by atoms with E-state index in [0.717, 1.165) is 0 Å². The highest BCUT2D eigenvalue weighted by Crippen LogP contribution is 2.32. The van der Waals surface area contributed by atoms with Gasteiger partial charge in [-0.1, -0.05) is 0 Å². The first-order valence-electron chi connectivity index (χ1n) is 5.98. The van der Waals surface area contributed by atoms with Crippen molar-refractivity contribution in [3.8, 4) is 11.5 Å². The standard InChI is InChI=1S/C12H17NO5S/c1-13-7-9(14)8-19(15,16)10-2-3-11-12(6-10)18-5-4-17-11/h2-3,6,9,13-14H,4-5,7-8H2,1H3. The molecule has 1 heterocycles. The van der Waals surface area contributed by atoms with Gasteiger partial charge in [0.2, 0.25) is 0 Å². The average Bonchev–Trinajstić information content (AvgIpc) is 2.37. The van der Waals surface area contributed by atoms with Gasteiger partial charge < -0.3 is 19.9 Å². The fourth-order valence-electron chi connectivity index (χ4n) is 1.86. The van der Waals surface area contributed by atoms with Gasteiger partial charge in [0.05, 0.1) is 16.8 Å². The number of aliphatic hydroxyl groups excluding tert-OH is 1. The predicted octanol–water partition coefficient (Wildman–Crippen LogP) is -0.188. The van der Waals surface area contributed by atoms with Crippen LogP contribution in [0.3, 0.4) is 0 Å². The van der Waals surface area contributed by atoms with Gasteiger partial charge in [-0.15, -0.1) is 0 Å². The molecule has 0 bridgehead atoms. The molecule has 106 valence electrons. The quantitative estimate of drug-likeness (QED) is 0.781. The SMILES string of the molecule is CNCC(O)CS(=O)(=O)c1ccc2c(c1)OCCO2. The Balaban J connectivity index is 2.21. The Morgan fingerprint density at radius 2 is 2.00 bits per heavy atom. The molecule has 0 fully saturated rings. The molecule has 1 aliphatic rings. The van der Waals surface area contributed by atoms with Crippen molar-refractivity contribution in [3.05, 3.63) is 18.2 Å². The summed E-state index contributed by atoms with van der Waals surface area (Å²) in [6.45, 7) is 1.09. The molecule has 1 aliphatic heterocycles. The first kappa shape index (κ1) is 14.1. The van der Waals surface area contributed by atoms with Crippen molar-refractivity contribution in [1.82, 2.24) is 5.32 Å². The zero-order valence-electron chi connectivity index (χ0n) is 10.6. The van der Waals surface area contributed by atoms with Crippen LogP contribution in [-0.4, -0.2) is 52.2 Å². The minimum Gasteiger partial charge on any atom is -0.486 e. The van der Waals surface area contributed by atoms with Crippen molar-refractivity contribution in [2.45, 2.75) is 11.0 Å². The molecule has 2 N–H and O–H groups in total. The van der Waals surface area contributed by atoms with Crippen LogP contribution in [0.4, 0.5) is 0 Å². The Hall–Kier alpha value is -1.31. The molecular formula is C12H17NO5S. The smallest absolute Gasteiger partial charge is 0.181 e. The van der Waals surface area contributed by atoms with E-state index >= 15 is 0 Å². The van der Waals surface area contributed by atoms with E-state index in [4.69, 9.17) is 9.47 Å². The van der Waals surface area contributed by atoms with E-state index in [9.17, 15) is 13.5 Å². The Kier molecular flexibility index (Phi) is 4.28. The number of aliphatic hydroxyl groups is 1. The Morgan fingerprint density at radius 1 is 1.32 bits per heavy atom. The van der Waals surface area contributed by atoms with Crippen LogP contribution >= 0.6 is 0 Å². The molecule has 1 aromatic rings. The van der Waals surface area contributed by atoms with Crippen LogP contribution in [0.5, 0.6) is 11.5 Å².